The van der Waals surface area contributed by atoms with Crippen LogP contribution in [0.5, 0.6) is 0 Å². The fourth-order valence-corrected chi connectivity index (χ4v) is 12.9. The Hall–Kier alpha value is -0.120. The molecule has 0 radical (unpaired) electrons. The standard InChI is InChI=1S/C32H54O3/c1-10-34-25-19-30(9)23(29(8)17-18-31(20(2)3)32(25,29)35-31)12-11-22-27(6)15-14-24(33)26(4,5)21(27)13-16-28(22,30)7/h20-25,33H,10-19H2,1-9H3/t21?,22-,23-,24+,25-,27+,28-,29-,30-,31+,32+/m1/s1. The van der Waals surface area contributed by atoms with E-state index in [0.717, 1.165) is 25.4 Å². The lowest BCUT2D eigenvalue weighted by Gasteiger charge is -2.73. The molecule has 0 bridgehead atoms. The Morgan fingerprint density at radius 3 is 2.11 bits per heavy atom. The third kappa shape index (κ3) is 2.52. The van der Waals surface area contributed by atoms with Crippen molar-refractivity contribution in [3.8, 4) is 0 Å². The van der Waals surface area contributed by atoms with Crippen molar-refractivity contribution in [3.63, 3.8) is 0 Å². The van der Waals surface area contributed by atoms with E-state index in [1.807, 2.05) is 0 Å². The Morgan fingerprint density at radius 1 is 0.800 bits per heavy atom. The summed E-state index contributed by atoms with van der Waals surface area (Å²) in [5.74, 6) is 2.61. The van der Waals surface area contributed by atoms with Crippen molar-refractivity contribution in [2.75, 3.05) is 6.61 Å². The largest absolute Gasteiger partial charge is 0.393 e. The smallest absolute Gasteiger partial charge is 0.130 e. The molecule has 6 aliphatic rings. The zero-order valence-electron chi connectivity index (χ0n) is 24.3. The summed E-state index contributed by atoms with van der Waals surface area (Å²) in [5.41, 5.74) is 1.10. The van der Waals surface area contributed by atoms with E-state index < -0.39 is 0 Å². The minimum atomic E-state index is -0.151. The summed E-state index contributed by atoms with van der Waals surface area (Å²) < 4.78 is 13.8. The molecule has 1 saturated heterocycles. The predicted molar refractivity (Wildman–Crippen MR) is 141 cm³/mol. The van der Waals surface area contributed by atoms with E-state index in [0.29, 0.717) is 28.6 Å². The van der Waals surface area contributed by atoms with Crippen LogP contribution in [0.4, 0.5) is 0 Å². The van der Waals surface area contributed by atoms with Crippen molar-refractivity contribution in [1.29, 1.82) is 0 Å². The summed E-state index contributed by atoms with van der Waals surface area (Å²) in [7, 11) is 0. The molecule has 5 aliphatic carbocycles. The molecule has 11 atom stereocenters. The van der Waals surface area contributed by atoms with E-state index in [9.17, 15) is 5.11 Å². The Labute approximate surface area is 215 Å². The SMILES string of the molecule is CCO[C@@H]1C[C@]2(C)[C@H](CC[C@@H]3[C@@]4(C)CC[C@H](O)C(C)(C)C4CC[C@]32C)[C@@]2(C)CC[C@@]3(C(C)C)O[C@]132. The molecule has 35 heavy (non-hydrogen) atoms. The highest BCUT2D eigenvalue weighted by Gasteiger charge is 2.89. The van der Waals surface area contributed by atoms with E-state index in [-0.39, 0.29) is 39.7 Å². The lowest BCUT2D eigenvalue weighted by Crippen LogP contribution is -2.70. The summed E-state index contributed by atoms with van der Waals surface area (Å²) in [6, 6.07) is 0. The van der Waals surface area contributed by atoms with Gasteiger partial charge in [0.15, 0.2) is 0 Å². The number of hydrogen-bond acceptors (Lipinski definition) is 3. The van der Waals surface area contributed by atoms with Crippen LogP contribution in [0.1, 0.15) is 120 Å². The van der Waals surface area contributed by atoms with E-state index in [2.05, 4.69) is 62.3 Å². The van der Waals surface area contributed by atoms with Gasteiger partial charge in [-0.2, -0.15) is 0 Å². The van der Waals surface area contributed by atoms with Gasteiger partial charge in [-0.1, -0.05) is 55.4 Å². The van der Waals surface area contributed by atoms with Gasteiger partial charge in [0.1, 0.15) is 11.2 Å². The van der Waals surface area contributed by atoms with Gasteiger partial charge < -0.3 is 14.6 Å². The van der Waals surface area contributed by atoms with Crippen LogP contribution >= 0.6 is 0 Å². The van der Waals surface area contributed by atoms with Gasteiger partial charge in [-0.05, 0) is 110 Å². The van der Waals surface area contributed by atoms with Crippen molar-refractivity contribution >= 4 is 0 Å². The van der Waals surface area contributed by atoms with Crippen LogP contribution in [0.2, 0.25) is 0 Å². The second-order valence-electron chi connectivity index (χ2n) is 15.9. The molecule has 1 unspecified atom stereocenters. The van der Waals surface area contributed by atoms with Crippen molar-refractivity contribution < 1.29 is 14.6 Å². The zero-order chi connectivity index (χ0) is 25.4. The number of ether oxygens (including phenoxy) is 2. The number of fused-ring (bicyclic) bond motifs is 6. The Balaban J connectivity index is 1.43. The zero-order valence-corrected chi connectivity index (χ0v) is 24.3. The minimum Gasteiger partial charge on any atom is -0.393 e. The lowest BCUT2D eigenvalue weighted by molar-refractivity contribution is -0.272. The summed E-state index contributed by atoms with van der Waals surface area (Å²) >= 11 is 0. The quantitative estimate of drug-likeness (QED) is 0.423. The van der Waals surface area contributed by atoms with Gasteiger partial charge in [-0.15, -0.1) is 0 Å². The van der Waals surface area contributed by atoms with Crippen LogP contribution in [0.15, 0.2) is 0 Å². The van der Waals surface area contributed by atoms with Crippen molar-refractivity contribution in [2.24, 2.45) is 50.7 Å². The second-order valence-corrected chi connectivity index (χ2v) is 15.9. The highest BCUT2D eigenvalue weighted by Crippen LogP contribution is 2.84. The molecule has 1 heterocycles. The molecule has 0 aromatic carbocycles. The van der Waals surface area contributed by atoms with Gasteiger partial charge in [0.05, 0.1) is 12.2 Å². The first-order valence-corrected chi connectivity index (χ1v) is 15.2. The van der Waals surface area contributed by atoms with Crippen molar-refractivity contribution in [1.82, 2.24) is 0 Å². The molecule has 0 amide bonds. The van der Waals surface area contributed by atoms with E-state index in [1.165, 1.54) is 44.9 Å². The maximum Gasteiger partial charge on any atom is 0.130 e. The minimum absolute atomic E-state index is 0.0206. The van der Waals surface area contributed by atoms with Crippen LogP contribution in [0, 0.1) is 50.7 Å². The molecule has 200 valence electrons. The molecular formula is C32H54O3. The molecule has 3 nitrogen and oxygen atoms in total. The molecule has 1 N–H and O–H groups in total. The van der Waals surface area contributed by atoms with Gasteiger partial charge in [0.25, 0.3) is 0 Å². The highest BCUT2D eigenvalue weighted by molar-refractivity contribution is 5.37. The first kappa shape index (κ1) is 25.2. The molecule has 6 rings (SSSR count). The Kier molecular flexibility index (Phi) is 5.10. The molecule has 0 aromatic rings. The van der Waals surface area contributed by atoms with Crippen molar-refractivity contribution in [2.45, 2.75) is 144 Å². The average Bonchev–Trinajstić information content (AvgIpc) is 3.40. The van der Waals surface area contributed by atoms with Gasteiger partial charge in [0.2, 0.25) is 0 Å². The van der Waals surface area contributed by atoms with Gasteiger partial charge in [0, 0.05) is 12.0 Å². The second kappa shape index (κ2) is 7.09. The molecule has 6 fully saturated rings. The third-order valence-corrected chi connectivity index (χ3v) is 14.8. The highest BCUT2D eigenvalue weighted by atomic mass is 16.7. The van der Waals surface area contributed by atoms with E-state index in [4.69, 9.17) is 9.47 Å². The van der Waals surface area contributed by atoms with Crippen LogP contribution in [0.3, 0.4) is 0 Å². The number of epoxide rings is 1. The fourth-order valence-electron chi connectivity index (χ4n) is 12.9. The number of rotatable bonds is 3. The Morgan fingerprint density at radius 2 is 1.49 bits per heavy atom. The van der Waals surface area contributed by atoms with E-state index in [1.54, 1.807) is 0 Å². The van der Waals surface area contributed by atoms with Gasteiger partial charge in [-0.3, -0.25) is 0 Å². The van der Waals surface area contributed by atoms with E-state index >= 15 is 0 Å². The third-order valence-electron chi connectivity index (χ3n) is 14.8. The van der Waals surface area contributed by atoms with Crippen LogP contribution in [0.25, 0.3) is 0 Å². The number of aliphatic hydroxyl groups is 1. The summed E-state index contributed by atoms with van der Waals surface area (Å²) in [5, 5.41) is 11.0. The average molecular weight is 487 g/mol. The maximum absolute atomic E-state index is 11.0. The monoisotopic (exact) mass is 486 g/mol. The summed E-state index contributed by atoms with van der Waals surface area (Å²) in [6.07, 6.45) is 11.2. The normalized spacial score (nSPS) is 60.3. The van der Waals surface area contributed by atoms with Crippen LogP contribution in [-0.2, 0) is 9.47 Å². The predicted octanol–water partition coefficient (Wildman–Crippen LogP) is 7.40. The molecular weight excluding hydrogens is 432 g/mol. The molecule has 3 heteroatoms. The number of hydrogen-bond donors (Lipinski definition) is 1. The molecule has 0 aromatic heterocycles. The summed E-state index contributed by atoms with van der Waals surface area (Å²) in [4.78, 5) is 0. The van der Waals surface area contributed by atoms with Gasteiger partial charge >= 0.3 is 0 Å². The first-order valence-electron chi connectivity index (χ1n) is 15.2. The fraction of sp³-hybridized carbons (Fsp3) is 1.00. The maximum atomic E-state index is 11.0. The summed E-state index contributed by atoms with van der Waals surface area (Å²) in [6.45, 7) is 23.1. The molecule has 5 saturated carbocycles. The van der Waals surface area contributed by atoms with Crippen LogP contribution < -0.4 is 0 Å². The first-order chi connectivity index (χ1) is 16.2. The molecule has 1 spiro atoms. The number of aliphatic hydroxyl groups excluding tert-OH is 1. The topological polar surface area (TPSA) is 42.0 Å². The van der Waals surface area contributed by atoms with Crippen LogP contribution in [-0.4, -0.2) is 35.1 Å². The molecule has 1 aliphatic heterocycles. The van der Waals surface area contributed by atoms with Gasteiger partial charge in [-0.25, -0.2) is 0 Å². The van der Waals surface area contributed by atoms with Crippen molar-refractivity contribution in [3.05, 3.63) is 0 Å². The Bertz CT molecular complexity index is 897. The lowest BCUT2D eigenvalue weighted by atomic mass is 9.31.